The molecule has 1 fully saturated rings. The maximum atomic E-state index is 8.95. The number of amidine groups is 1. The second kappa shape index (κ2) is 5.95. The molecule has 0 saturated carbocycles. The summed E-state index contributed by atoms with van der Waals surface area (Å²) in [5, 5.41) is 12.1. The van der Waals surface area contributed by atoms with Crippen LogP contribution in [-0.4, -0.2) is 23.6 Å². The highest BCUT2D eigenvalue weighted by molar-refractivity contribution is 6.02. The molecule has 0 bridgehead atoms. The largest absolute Gasteiger partial charge is 0.409 e. The SMILES string of the molecule is Cc1ccc(C(N)=NO)c(N2CCCCCC2C)c1. The maximum Gasteiger partial charge on any atom is 0.172 e. The number of anilines is 1. The summed E-state index contributed by atoms with van der Waals surface area (Å²) >= 11 is 0. The smallest absolute Gasteiger partial charge is 0.172 e. The van der Waals surface area contributed by atoms with Crippen LogP contribution < -0.4 is 10.6 Å². The number of hydrogen-bond acceptors (Lipinski definition) is 3. The van der Waals surface area contributed by atoms with Gasteiger partial charge in [-0.2, -0.15) is 0 Å². The van der Waals surface area contributed by atoms with E-state index in [-0.39, 0.29) is 5.84 Å². The highest BCUT2D eigenvalue weighted by Gasteiger charge is 2.21. The van der Waals surface area contributed by atoms with Crippen molar-refractivity contribution in [1.29, 1.82) is 0 Å². The van der Waals surface area contributed by atoms with Crippen molar-refractivity contribution in [2.24, 2.45) is 10.9 Å². The molecule has 4 heteroatoms. The Balaban J connectivity index is 2.43. The van der Waals surface area contributed by atoms with Gasteiger partial charge >= 0.3 is 0 Å². The molecular formula is C15H23N3O. The fourth-order valence-electron chi connectivity index (χ4n) is 2.78. The van der Waals surface area contributed by atoms with E-state index in [1.54, 1.807) is 0 Å². The summed E-state index contributed by atoms with van der Waals surface area (Å²) in [4.78, 5) is 2.40. The molecule has 1 aliphatic rings. The Labute approximate surface area is 114 Å². The van der Waals surface area contributed by atoms with Crippen molar-refractivity contribution in [3.8, 4) is 0 Å². The zero-order chi connectivity index (χ0) is 13.8. The van der Waals surface area contributed by atoms with Gasteiger partial charge < -0.3 is 15.8 Å². The predicted octanol–water partition coefficient (Wildman–Crippen LogP) is 2.86. The Morgan fingerprint density at radius 3 is 2.89 bits per heavy atom. The number of nitrogens with zero attached hydrogens (tertiary/aromatic N) is 2. The molecule has 1 aromatic rings. The molecule has 1 saturated heterocycles. The topological polar surface area (TPSA) is 61.9 Å². The van der Waals surface area contributed by atoms with Gasteiger partial charge in [0, 0.05) is 23.8 Å². The first kappa shape index (κ1) is 13.7. The third-order valence-corrected chi connectivity index (χ3v) is 3.90. The standard InChI is InChI=1S/C15H23N3O/c1-11-7-8-13(15(16)17-19)14(10-11)18-9-5-3-4-6-12(18)2/h7-8,10,12,19H,3-6,9H2,1-2H3,(H2,16,17). The van der Waals surface area contributed by atoms with E-state index in [1.165, 1.54) is 31.2 Å². The van der Waals surface area contributed by atoms with Crippen LogP contribution in [0.1, 0.15) is 43.7 Å². The molecule has 4 nitrogen and oxygen atoms in total. The number of nitrogens with two attached hydrogens (primary N) is 1. The normalized spacial score (nSPS) is 21.3. The quantitative estimate of drug-likeness (QED) is 0.372. The van der Waals surface area contributed by atoms with E-state index in [2.05, 4.69) is 30.0 Å². The lowest BCUT2D eigenvalue weighted by Gasteiger charge is -2.31. The van der Waals surface area contributed by atoms with Crippen molar-refractivity contribution < 1.29 is 5.21 Å². The summed E-state index contributed by atoms with van der Waals surface area (Å²) in [7, 11) is 0. The molecule has 1 unspecified atom stereocenters. The second-order valence-corrected chi connectivity index (χ2v) is 5.40. The molecule has 0 aromatic heterocycles. The highest BCUT2D eigenvalue weighted by Crippen LogP contribution is 2.28. The minimum absolute atomic E-state index is 0.187. The summed E-state index contributed by atoms with van der Waals surface area (Å²) in [6.45, 7) is 5.36. The van der Waals surface area contributed by atoms with Crippen molar-refractivity contribution in [3.63, 3.8) is 0 Å². The predicted molar refractivity (Wildman–Crippen MR) is 79.0 cm³/mol. The van der Waals surface area contributed by atoms with Crippen LogP contribution in [-0.2, 0) is 0 Å². The zero-order valence-electron chi connectivity index (χ0n) is 11.8. The lowest BCUT2D eigenvalue weighted by Crippen LogP contribution is -2.34. The van der Waals surface area contributed by atoms with E-state index in [0.29, 0.717) is 6.04 Å². The molecule has 1 aromatic carbocycles. The molecule has 1 aliphatic heterocycles. The van der Waals surface area contributed by atoms with E-state index >= 15 is 0 Å². The Morgan fingerprint density at radius 2 is 2.16 bits per heavy atom. The van der Waals surface area contributed by atoms with Gasteiger partial charge in [-0.05, 0) is 44.4 Å². The third kappa shape index (κ3) is 3.00. The fourth-order valence-corrected chi connectivity index (χ4v) is 2.78. The van der Waals surface area contributed by atoms with Gasteiger partial charge in [0.05, 0.1) is 0 Å². The number of rotatable bonds is 2. The molecule has 1 heterocycles. The molecule has 104 valence electrons. The minimum Gasteiger partial charge on any atom is -0.409 e. The number of benzene rings is 1. The Kier molecular flexibility index (Phi) is 4.30. The van der Waals surface area contributed by atoms with Crippen LogP contribution in [0.5, 0.6) is 0 Å². The number of oxime groups is 1. The summed E-state index contributed by atoms with van der Waals surface area (Å²) in [6.07, 6.45) is 4.96. The number of hydrogen-bond donors (Lipinski definition) is 2. The van der Waals surface area contributed by atoms with Crippen LogP contribution in [0.15, 0.2) is 23.4 Å². The second-order valence-electron chi connectivity index (χ2n) is 5.40. The minimum atomic E-state index is 0.187. The average Bonchev–Trinajstić information content (AvgIpc) is 2.62. The Bertz CT molecular complexity index is 470. The van der Waals surface area contributed by atoms with Crippen LogP contribution in [0, 0.1) is 6.92 Å². The zero-order valence-corrected chi connectivity index (χ0v) is 11.8. The van der Waals surface area contributed by atoms with Gasteiger partial charge in [-0.15, -0.1) is 0 Å². The first-order valence-corrected chi connectivity index (χ1v) is 6.98. The molecule has 19 heavy (non-hydrogen) atoms. The van der Waals surface area contributed by atoms with Crippen LogP contribution in [0.25, 0.3) is 0 Å². The lowest BCUT2D eigenvalue weighted by atomic mass is 10.1. The van der Waals surface area contributed by atoms with Crippen molar-refractivity contribution in [1.82, 2.24) is 0 Å². The molecule has 2 rings (SSSR count). The van der Waals surface area contributed by atoms with Crippen LogP contribution >= 0.6 is 0 Å². The summed E-state index contributed by atoms with van der Waals surface area (Å²) < 4.78 is 0. The van der Waals surface area contributed by atoms with Gasteiger partial charge in [0.15, 0.2) is 5.84 Å². The molecule has 0 aliphatic carbocycles. The van der Waals surface area contributed by atoms with Gasteiger partial charge in [0.2, 0.25) is 0 Å². The van der Waals surface area contributed by atoms with Crippen molar-refractivity contribution >= 4 is 11.5 Å². The molecular weight excluding hydrogens is 238 g/mol. The molecule has 1 atom stereocenters. The van der Waals surface area contributed by atoms with E-state index in [4.69, 9.17) is 10.9 Å². The van der Waals surface area contributed by atoms with E-state index in [0.717, 1.165) is 17.8 Å². The molecule has 3 N–H and O–H groups in total. The van der Waals surface area contributed by atoms with E-state index in [1.807, 2.05) is 12.1 Å². The van der Waals surface area contributed by atoms with Crippen molar-refractivity contribution in [2.45, 2.75) is 45.6 Å². The first-order chi connectivity index (χ1) is 9.13. The highest BCUT2D eigenvalue weighted by atomic mass is 16.4. The van der Waals surface area contributed by atoms with Crippen LogP contribution in [0.2, 0.25) is 0 Å². The average molecular weight is 261 g/mol. The van der Waals surface area contributed by atoms with Crippen LogP contribution in [0.4, 0.5) is 5.69 Å². The van der Waals surface area contributed by atoms with E-state index < -0.39 is 0 Å². The Morgan fingerprint density at radius 1 is 1.37 bits per heavy atom. The Hall–Kier alpha value is -1.71. The van der Waals surface area contributed by atoms with E-state index in [9.17, 15) is 0 Å². The van der Waals surface area contributed by atoms with Gasteiger partial charge in [-0.1, -0.05) is 24.1 Å². The van der Waals surface area contributed by atoms with Gasteiger partial charge in [-0.3, -0.25) is 0 Å². The summed E-state index contributed by atoms with van der Waals surface area (Å²) in [6, 6.07) is 6.57. The first-order valence-electron chi connectivity index (χ1n) is 6.98. The van der Waals surface area contributed by atoms with Crippen molar-refractivity contribution in [3.05, 3.63) is 29.3 Å². The monoisotopic (exact) mass is 261 g/mol. The molecule has 0 spiro atoms. The van der Waals surface area contributed by atoms with Gasteiger partial charge in [0.25, 0.3) is 0 Å². The maximum absolute atomic E-state index is 8.95. The third-order valence-electron chi connectivity index (χ3n) is 3.90. The summed E-state index contributed by atoms with van der Waals surface area (Å²) in [5.41, 5.74) is 8.91. The van der Waals surface area contributed by atoms with Crippen molar-refractivity contribution in [2.75, 3.05) is 11.4 Å². The lowest BCUT2D eigenvalue weighted by molar-refractivity contribution is 0.318. The van der Waals surface area contributed by atoms with Crippen LogP contribution in [0.3, 0.4) is 0 Å². The number of aryl methyl sites for hydroxylation is 1. The molecule has 0 radical (unpaired) electrons. The fraction of sp³-hybridized carbons (Fsp3) is 0.533. The molecule has 0 amide bonds. The summed E-state index contributed by atoms with van der Waals surface area (Å²) in [5.74, 6) is 0.187. The van der Waals surface area contributed by atoms with Gasteiger partial charge in [0.1, 0.15) is 0 Å². The van der Waals surface area contributed by atoms with Gasteiger partial charge in [-0.25, -0.2) is 0 Å².